The highest BCUT2D eigenvalue weighted by Crippen LogP contribution is 2.30. The molecule has 31 heavy (non-hydrogen) atoms. The highest BCUT2D eigenvalue weighted by atomic mass is 32.2. The third-order valence-corrected chi connectivity index (χ3v) is 7.50. The van der Waals surface area contributed by atoms with Crippen molar-refractivity contribution in [1.82, 2.24) is 19.1 Å². The van der Waals surface area contributed by atoms with Crippen molar-refractivity contribution in [3.8, 4) is 11.4 Å². The van der Waals surface area contributed by atoms with Gasteiger partial charge in [0.05, 0.1) is 12.8 Å². The first-order chi connectivity index (χ1) is 14.9. The van der Waals surface area contributed by atoms with Gasteiger partial charge in [0.2, 0.25) is 10.0 Å². The topological polar surface area (TPSA) is 97.3 Å². The number of H-pyrrole nitrogens is 1. The smallest absolute Gasteiger partial charge is 0.348 e. The van der Waals surface area contributed by atoms with Crippen molar-refractivity contribution in [1.29, 1.82) is 0 Å². The number of nitrogens with zero attached hydrogens (tertiary/aromatic N) is 3. The molecule has 8 nitrogen and oxygen atoms in total. The first-order valence-corrected chi connectivity index (χ1v) is 11.4. The molecule has 4 rings (SSSR count). The number of sulfonamides is 1. The number of hydrogen-bond acceptors (Lipinski definition) is 5. The number of aromatic amines is 1. The Hall–Kier alpha value is -2.98. The Morgan fingerprint density at radius 3 is 2.52 bits per heavy atom. The molecule has 3 aromatic rings. The van der Waals surface area contributed by atoms with E-state index in [1.165, 1.54) is 34.2 Å². The highest BCUT2D eigenvalue weighted by Gasteiger charge is 2.32. The van der Waals surface area contributed by atoms with Crippen molar-refractivity contribution in [2.24, 2.45) is 5.92 Å². The number of rotatable bonds is 6. The molecule has 0 bridgehead atoms. The summed E-state index contributed by atoms with van der Waals surface area (Å²) >= 11 is 0. The summed E-state index contributed by atoms with van der Waals surface area (Å²) in [6, 6.07) is 12.6. The molecule has 1 fully saturated rings. The molecule has 0 spiro atoms. The quantitative estimate of drug-likeness (QED) is 0.627. The van der Waals surface area contributed by atoms with Crippen LogP contribution < -0.4 is 10.4 Å². The van der Waals surface area contributed by atoms with E-state index in [0.717, 1.165) is 0 Å². The Morgan fingerprint density at radius 1 is 1.13 bits per heavy atom. The Kier molecular flexibility index (Phi) is 5.92. The van der Waals surface area contributed by atoms with Gasteiger partial charge in [0, 0.05) is 19.5 Å². The van der Waals surface area contributed by atoms with Crippen LogP contribution in [0.15, 0.2) is 58.2 Å². The van der Waals surface area contributed by atoms with E-state index in [2.05, 4.69) is 10.2 Å². The van der Waals surface area contributed by atoms with Crippen LogP contribution >= 0.6 is 0 Å². The predicted octanol–water partition coefficient (Wildman–Crippen LogP) is 2.35. The maximum atomic E-state index is 14.2. The molecule has 1 saturated heterocycles. The second-order valence-electron chi connectivity index (χ2n) is 7.43. The number of nitrogens with one attached hydrogen (secondary N) is 1. The van der Waals surface area contributed by atoms with E-state index in [1.54, 1.807) is 30.3 Å². The van der Waals surface area contributed by atoms with Gasteiger partial charge in [-0.15, -0.1) is 0 Å². The monoisotopic (exact) mass is 446 g/mol. The largest absolute Gasteiger partial charge is 0.495 e. The van der Waals surface area contributed by atoms with Crippen molar-refractivity contribution >= 4 is 10.0 Å². The minimum atomic E-state index is -3.67. The molecule has 1 aliphatic rings. The van der Waals surface area contributed by atoms with Crippen LogP contribution in [0, 0.1) is 11.7 Å². The lowest BCUT2D eigenvalue weighted by atomic mass is 9.94. The van der Waals surface area contributed by atoms with Gasteiger partial charge in [-0.25, -0.2) is 27.3 Å². The summed E-state index contributed by atoms with van der Waals surface area (Å²) in [5, 5.41) is 6.47. The Bertz CT molecular complexity index is 1230. The molecule has 0 aliphatic carbocycles. The van der Waals surface area contributed by atoms with E-state index in [1.807, 2.05) is 0 Å². The zero-order chi connectivity index (χ0) is 22.0. The summed E-state index contributed by atoms with van der Waals surface area (Å²) in [5.41, 5.74) is -0.358. The fourth-order valence-electron chi connectivity index (χ4n) is 3.93. The lowest BCUT2D eigenvalue weighted by Gasteiger charge is -2.31. The molecule has 2 heterocycles. The summed E-state index contributed by atoms with van der Waals surface area (Å²) < 4.78 is 48.2. The molecular formula is C21H23FN4O4S. The molecule has 10 heteroatoms. The molecule has 0 amide bonds. The van der Waals surface area contributed by atoms with Crippen LogP contribution in [0.5, 0.6) is 5.75 Å². The summed E-state index contributed by atoms with van der Waals surface area (Å²) in [5.74, 6) is 0.353. The third kappa shape index (κ3) is 4.13. The SMILES string of the molecule is COc1ccccc1S(=O)(=O)N1CCC(Cc2n[nH]c(=O)n2-c2ccccc2F)CC1. The van der Waals surface area contributed by atoms with Gasteiger partial charge in [0.25, 0.3) is 0 Å². The molecule has 1 aliphatic heterocycles. The van der Waals surface area contributed by atoms with Gasteiger partial charge in [-0.05, 0) is 43.0 Å². The molecule has 1 aromatic heterocycles. The number of para-hydroxylation sites is 2. The average Bonchev–Trinajstić information content (AvgIpc) is 3.14. The average molecular weight is 447 g/mol. The fourth-order valence-corrected chi connectivity index (χ4v) is 5.56. The minimum Gasteiger partial charge on any atom is -0.495 e. The first-order valence-electron chi connectivity index (χ1n) is 9.96. The molecule has 0 atom stereocenters. The molecule has 0 radical (unpaired) electrons. The zero-order valence-electron chi connectivity index (χ0n) is 17.0. The summed E-state index contributed by atoms with van der Waals surface area (Å²) in [4.78, 5) is 12.4. The first kappa shape index (κ1) is 21.3. The second kappa shape index (κ2) is 8.64. The minimum absolute atomic E-state index is 0.116. The number of hydrogen-bond donors (Lipinski definition) is 1. The normalized spacial score (nSPS) is 15.8. The van der Waals surface area contributed by atoms with E-state index in [4.69, 9.17) is 4.74 Å². The number of methoxy groups -OCH3 is 1. The number of benzene rings is 2. The van der Waals surface area contributed by atoms with Crippen molar-refractivity contribution in [3.63, 3.8) is 0 Å². The van der Waals surface area contributed by atoms with Gasteiger partial charge >= 0.3 is 5.69 Å². The van der Waals surface area contributed by atoms with Crippen molar-refractivity contribution in [2.45, 2.75) is 24.2 Å². The summed E-state index contributed by atoms with van der Waals surface area (Å²) in [7, 11) is -2.23. The van der Waals surface area contributed by atoms with Crippen LogP contribution in [0.3, 0.4) is 0 Å². The molecular weight excluding hydrogens is 423 g/mol. The van der Waals surface area contributed by atoms with Gasteiger partial charge in [-0.2, -0.15) is 9.40 Å². The standard InChI is InChI=1S/C21H23FN4O4S/c1-30-18-8-4-5-9-19(18)31(28,29)25-12-10-15(11-13-25)14-20-23-24-21(27)26(20)17-7-3-2-6-16(17)22/h2-9,15H,10-14H2,1H3,(H,24,27). The van der Waals surface area contributed by atoms with Crippen molar-refractivity contribution in [2.75, 3.05) is 20.2 Å². The number of halogens is 1. The third-order valence-electron chi connectivity index (χ3n) is 5.57. The molecule has 2 aromatic carbocycles. The van der Waals surface area contributed by atoms with Gasteiger partial charge in [0.1, 0.15) is 22.3 Å². The number of piperidine rings is 1. The van der Waals surface area contributed by atoms with E-state index < -0.39 is 21.5 Å². The van der Waals surface area contributed by atoms with E-state index in [-0.39, 0.29) is 16.5 Å². The Balaban J connectivity index is 1.49. The van der Waals surface area contributed by atoms with Crippen LogP contribution in [-0.2, 0) is 16.4 Å². The Morgan fingerprint density at radius 2 is 1.81 bits per heavy atom. The lowest BCUT2D eigenvalue weighted by Crippen LogP contribution is -2.39. The molecule has 0 saturated carbocycles. The highest BCUT2D eigenvalue weighted by molar-refractivity contribution is 7.89. The number of ether oxygens (including phenoxy) is 1. The molecule has 164 valence electrons. The van der Waals surface area contributed by atoms with Gasteiger partial charge < -0.3 is 4.74 Å². The van der Waals surface area contributed by atoms with Gasteiger partial charge in [0.15, 0.2) is 0 Å². The fraction of sp³-hybridized carbons (Fsp3) is 0.333. The second-order valence-corrected chi connectivity index (χ2v) is 9.34. The molecule has 1 N–H and O–H groups in total. The number of aromatic nitrogens is 3. The van der Waals surface area contributed by atoms with Crippen LogP contribution in [0.4, 0.5) is 4.39 Å². The van der Waals surface area contributed by atoms with Crippen LogP contribution in [0.25, 0.3) is 5.69 Å². The Labute approximate surface area is 179 Å². The van der Waals surface area contributed by atoms with Crippen molar-refractivity contribution in [3.05, 3.63) is 70.7 Å². The molecule has 0 unspecified atom stereocenters. The van der Waals surface area contributed by atoms with E-state index >= 15 is 0 Å². The maximum Gasteiger partial charge on any atom is 0.348 e. The van der Waals surface area contributed by atoms with E-state index in [9.17, 15) is 17.6 Å². The lowest BCUT2D eigenvalue weighted by molar-refractivity contribution is 0.269. The summed E-state index contributed by atoms with van der Waals surface area (Å²) in [6.45, 7) is 0.693. The maximum absolute atomic E-state index is 14.2. The van der Waals surface area contributed by atoms with E-state index in [0.29, 0.717) is 43.9 Å². The summed E-state index contributed by atoms with van der Waals surface area (Å²) in [6.07, 6.45) is 1.65. The van der Waals surface area contributed by atoms with Crippen LogP contribution in [-0.4, -0.2) is 47.7 Å². The zero-order valence-corrected chi connectivity index (χ0v) is 17.8. The van der Waals surface area contributed by atoms with Gasteiger partial charge in [-0.1, -0.05) is 24.3 Å². The van der Waals surface area contributed by atoms with Crippen LogP contribution in [0.1, 0.15) is 18.7 Å². The van der Waals surface area contributed by atoms with Crippen molar-refractivity contribution < 1.29 is 17.5 Å². The van der Waals surface area contributed by atoms with Gasteiger partial charge in [-0.3, -0.25) is 0 Å². The predicted molar refractivity (Wildman–Crippen MR) is 112 cm³/mol. The van der Waals surface area contributed by atoms with Crippen LogP contribution in [0.2, 0.25) is 0 Å².